The second-order valence-electron chi connectivity index (χ2n) is 6.35. The van der Waals surface area contributed by atoms with Crippen molar-refractivity contribution in [2.45, 2.75) is 66.2 Å². The molecular formula is C19H38NOP. The van der Waals surface area contributed by atoms with E-state index in [9.17, 15) is 0 Å². The van der Waals surface area contributed by atoms with Gasteiger partial charge in [-0.15, -0.1) is 0 Å². The molecule has 3 heteroatoms. The fourth-order valence-corrected chi connectivity index (χ4v) is 8.04. The third kappa shape index (κ3) is 10.2. The molecule has 130 valence electrons. The summed E-state index contributed by atoms with van der Waals surface area (Å²) in [5, 5.41) is 8.52. The van der Waals surface area contributed by atoms with Crippen molar-refractivity contribution >= 4 is 7.26 Å². The molecule has 22 heavy (non-hydrogen) atoms. The summed E-state index contributed by atoms with van der Waals surface area (Å²) in [7, 11) is -0.832. The summed E-state index contributed by atoms with van der Waals surface area (Å²) in [4.78, 5) is 3.53. The van der Waals surface area contributed by atoms with E-state index >= 15 is 0 Å². The van der Waals surface area contributed by atoms with Gasteiger partial charge in [0.2, 0.25) is 5.88 Å². The first kappa shape index (κ1) is 21.4. The molecule has 0 saturated heterocycles. The standard InChI is InChI=1S/C14H33P.C5H5NO/c1-5-9-12-15(8-4,13-10-6-2)14-11-7-3;7-5-3-1-2-4-6-5/h15H,5-14H2,1-4H3;1-4H,(H,6,7). The molecule has 2 nitrogen and oxygen atoms in total. The van der Waals surface area contributed by atoms with Gasteiger partial charge in [0.25, 0.3) is 0 Å². The molecule has 1 aromatic rings. The molecule has 0 bridgehead atoms. The second-order valence-corrected chi connectivity index (χ2v) is 11.6. The minimum absolute atomic E-state index is 0.0718. The maximum Gasteiger partial charge on any atom is 0.210 e. The van der Waals surface area contributed by atoms with Crippen molar-refractivity contribution in [3.63, 3.8) is 0 Å². The van der Waals surface area contributed by atoms with Gasteiger partial charge in [-0.05, 0) is 6.07 Å². The van der Waals surface area contributed by atoms with Crippen molar-refractivity contribution in [2.75, 3.05) is 24.6 Å². The number of nitrogens with zero attached hydrogens (tertiary/aromatic N) is 1. The molecule has 0 saturated carbocycles. The van der Waals surface area contributed by atoms with E-state index in [2.05, 4.69) is 32.7 Å². The molecule has 1 N–H and O–H groups in total. The van der Waals surface area contributed by atoms with Gasteiger partial charge in [0.1, 0.15) is 0 Å². The van der Waals surface area contributed by atoms with Gasteiger partial charge in [-0.3, -0.25) is 0 Å². The van der Waals surface area contributed by atoms with Crippen LogP contribution >= 0.6 is 7.26 Å². The second kappa shape index (κ2) is 14.0. The Hall–Kier alpha value is -0.620. The van der Waals surface area contributed by atoms with Crippen molar-refractivity contribution in [3.8, 4) is 5.88 Å². The molecule has 0 unspecified atom stereocenters. The summed E-state index contributed by atoms with van der Waals surface area (Å²) >= 11 is 0. The first-order chi connectivity index (χ1) is 10.6. The Labute approximate surface area is 139 Å². The van der Waals surface area contributed by atoms with Crippen LogP contribution in [0.3, 0.4) is 0 Å². The van der Waals surface area contributed by atoms with Crippen molar-refractivity contribution in [3.05, 3.63) is 24.4 Å². The molecule has 0 fully saturated rings. The molecule has 0 aliphatic rings. The molecule has 1 aromatic heterocycles. The van der Waals surface area contributed by atoms with E-state index in [0.29, 0.717) is 0 Å². The normalized spacial score (nSPS) is 11.6. The summed E-state index contributed by atoms with van der Waals surface area (Å²) in [6.45, 7) is 9.49. The van der Waals surface area contributed by atoms with Gasteiger partial charge < -0.3 is 5.11 Å². The van der Waals surface area contributed by atoms with Gasteiger partial charge in [-0.1, -0.05) is 6.07 Å². The van der Waals surface area contributed by atoms with Crippen molar-refractivity contribution in [1.82, 2.24) is 4.98 Å². The van der Waals surface area contributed by atoms with E-state index < -0.39 is 7.26 Å². The van der Waals surface area contributed by atoms with Crippen LogP contribution in [0.5, 0.6) is 5.88 Å². The molecular weight excluding hydrogens is 289 g/mol. The summed E-state index contributed by atoms with van der Waals surface area (Å²) in [6, 6.07) is 5.00. The van der Waals surface area contributed by atoms with Crippen LogP contribution in [0.2, 0.25) is 0 Å². The number of unbranched alkanes of at least 4 members (excludes halogenated alkanes) is 3. The predicted molar refractivity (Wildman–Crippen MR) is 104 cm³/mol. The van der Waals surface area contributed by atoms with Gasteiger partial charge in [-0.25, -0.2) is 4.98 Å². The molecule has 0 atom stereocenters. The van der Waals surface area contributed by atoms with Gasteiger partial charge in [-0.2, -0.15) is 0 Å². The average molecular weight is 327 g/mol. The number of rotatable bonds is 10. The van der Waals surface area contributed by atoms with E-state index in [1.165, 1.54) is 57.0 Å². The van der Waals surface area contributed by atoms with Gasteiger partial charge >= 0.3 is 98.1 Å². The molecule has 0 aliphatic carbocycles. The molecule has 0 amide bonds. The Balaban J connectivity index is 0.000000518. The topological polar surface area (TPSA) is 33.1 Å². The zero-order valence-electron chi connectivity index (χ0n) is 15.3. The molecule has 0 spiro atoms. The number of hydrogen-bond acceptors (Lipinski definition) is 2. The quantitative estimate of drug-likeness (QED) is 0.539. The van der Waals surface area contributed by atoms with Crippen molar-refractivity contribution in [1.29, 1.82) is 0 Å². The van der Waals surface area contributed by atoms with Crippen LogP contribution in [-0.2, 0) is 0 Å². The van der Waals surface area contributed by atoms with E-state index in [0.717, 1.165) is 0 Å². The number of aromatic hydroxyl groups is 1. The maximum absolute atomic E-state index is 8.52. The van der Waals surface area contributed by atoms with Crippen molar-refractivity contribution < 1.29 is 5.11 Å². The number of aromatic nitrogens is 1. The fourth-order valence-electron chi connectivity index (χ4n) is 2.91. The Morgan fingerprint density at radius 2 is 1.36 bits per heavy atom. The summed E-state index contributed by atoms with van der Waals surface area (Å²) in [5.41, 5.74) is 0. The van der Waals surface area contributed by atoms with Gasteiger partial charge in [0, 0.05) is 12.3 Å². The minimum Gasteiger partial charge on any atom is -0.493 e. The molecule has 0 radical (unpaired) electrons. The van der Waals surface area contributed by atoms with Crippen LogP contribution in [0.25, 0.3) is 0 Å². The predicted octanol–water partition coefficient (Wildman–Crippen LogP) is 5.94. The Kier molecular flexibility index (Phi) is 13.6. The molecule has 0 aromatic carbocycles. The van der Waals surface area contributed by atoms with Crippen LogP contribution in [-0.4, -0.2) is 34.7 Å². The SMILES string of the molecule is CCCC[PH](CC)(CCCC)CCCC.Oc1ccccn1. The number of hydrogen-bond donors (Lipinski definition) is 1. The van der Waals surface area contributed by atoms with Crippen LogP contribution < -0.4 is 0 Å². The van der Waals surface area contributed by atoms with Crippen LogP contribution in [0.4, 0.5) is 0 Å². The zero-order chi connectivity index (χ0) is 16.7. The Bertz CT molecular complexity index is 321. The smallest absolute Gasteiger partial charge is 0.210 e. The number of pyridine rings is 1. The van der Waals surface area contributed by atoms with Crippen molar-refractivity contribution in [2.24, 2.45) is 0 Å². The minimum atomic E-state index is -0.832. The monoisotopic (exact) mass is 327 g/mol. The van der Waals surface area contributed by atoms with E-state index in [1.54, 1.807) is 30.6 Å². The van der Waals surface area contributed by atoms with E-state index in [1.807, 2.05) is 0 Å². The first-order valence-corrected chi connectivity index (χ1v) is 12.1. The van der Waals surface area contributed by atoms with Crippen LogP contribution in [0.1, 0.15) is 66.2 Å². The van der Waals surface area contributed by atoms with Gasteiger partial charge in [0.15, 0.2) is 0 Å². The Morgan fingerprint density at radius 1 is 0.864 bits per heavy atom. The maximum atomic E-state index is 8.52. The fraction of sp³-hybridized carbons (Fsp3) is 0.737. The third-order valence-corrected chi connectivity index (χ3v) is 10.3. The molecule has 1 rings (SSSR count). The molecule has 0 aliphatic heterocycles. The Morgan fingerprint density at radius 3 is 1.59 bits per heavy atom. The van der Waals surface area contributed by atoms with Crippen LogP contribution in [0, 0.1) is 0 Å². The molecule has 1 heterocycles. The summed E-state index contributed by atoms with van der Waals surface area (Å²) < 4.78 is 0. The third-order valence-electron chi connectivity index (χ3n) is 4.58. The summed E-state index contributed by atoms with van der Waals surface area (Å²) in [5.74, 6) is 0.0718. The first-order valence-electron chi connectivity index (χ1n) is 9.24. The van der Waals surface area contributed by atoms with E-state index in [4.69, 9.17) is 5.11 Å². The summed E-state index contributed by atoms with van der Waals surface area (Å²) in [6.07, 6.45) is 16.6. The zero-order valence-corrected chi connectivity index (χ0v) is 16.3. The van der Waals surface area contributed by atoms with Gasteiger partial charge in [0.05, 0.1) is 0 Å². The van der Waals surface area contributed by atoms with Crippen LogP contribution in [0.15, 0.2) is 24.4 Å². The van der Waals surface area contributed by atoms with E-state index in [-0.39, 0.29) is 5.88 Å². The average Bonchev–Trinajstić information content (AvgIpc) is 2.56. The largest absolute Gasteiger partial charge is 0.493 e.